The van der Waals surface area contributed by atoms with Crippen LogP contribution in [0.25, 0.3) is 0 Å². The summed E-state index contributed by atoms with van der Waals surface area (Å²) in [5.41, 5.74) is 6.60. The molecule has 0 saturated heterocycles. The highest BCUT2D eigenvalue weighted by molar-refractivity contribution is 7.81. The van der Waals surface area contributed by atoms with Gasteiger partial charge in [-0.1, -0.05) is 23.7 Å². The van der Waals surface area contributed by atoms with Crippen LogP contribution in [0.2, 0.25) is 5.02 Å². The van der Waals surface area contributed by atoms with Crippen LogP contribution in [0, 0.1) is 0 Å². The van der Waals surface area contributed by atoms with Crippen LogP contribution in [-0.2, 0) is 16.0 Å². The van der Waals surface area contributed by atoms with Crippen molar-refractivity contribution in [3.05, 3.63) is 34.9 Å². The van der Waals surface area contributed by atoms with E-state index in [2.05, 4.69) is 12.6 Å². The molecule has 0 unspecified atom stereocenters. The lowest BCUT2D eigenvalue weighted by atomic mass is 10.00. The lowest BCUT2D eigenvalue weighted by Gasteiger charge is -2.32. The largest absolute Gasteiger partial charge is 0.480 e. The topological polar surface area (TPSA) is 83.6 Å². The second kappa shape index (κ2) is 7.35. The summed E-state index contributed by atoms with van der Waals surface area (Å²) in [7, 11) is 1.44. The van der Waals surface area contributed by atoms with Gasteiger partial charge >= 0.3 is 5.97 Å². The van der Waals surface area contributed by atoms with Gasteiger partial charge in [-0.15, -0.1) is 0 Å². The number of hydrogen-bond donors (Lipinski definition) is 3. The van der Waals surface area contributed by atoms with Crippen molar-refractivity contribution < 1.29 is 14.7 Å². The van der Waals surface area contributed by atoms with E-state index >= 15 is 0 Å². The van der Waals surface area contributed by atoms with E-state index < -0.39 is 28.7 Å². The number of carbonyl (C=O) groups excluding carboxylic acids is 1. The predicted octanol–water partition coefficient (Wildman–Crippen LogP) is 1.83. The molecule has 0 heterocycles. The Morgan fingerprint density at radius 1 is 1.45 bits per heavy atom. The average Bonchev–Trinajstić information content (AvgIpc) is 2.41. The third-order valence-corrected chi connectivity index (χ3v) is 3.96. The van der Waals surface area contributed by atoms with Gasteiger partial charge in [0.25, 0.3) is 0 Å². The van der Waals surface area contributed by atoms with Gasteiger partial charge < -0.3 is 15.7 Å². The Hall–Kier alpha value is -1.24. The van der Waals surface area contributed by atoms with Crippen LogP contribution in [0.5, 0.6) is 0 Å². The molecule has 122 valence electrons. The quantitative estimate of drug-likeness (QED) is 0.687. The van der Waals surface area contributed by atoms with Crippen molar-refractivity contribution in [3.8, 4) is 0 Å². The lowest BCUT2D eigenvalue weighted by molar-refractivity contribution is -0.149. The second-order valence-corrected chi connectivity index (χ2v) is 7.36. The van der Waals surface area contributed by atoms with Gasteiger partial charge in [-0.25, -0.2) is 4.79 Å². The number of carboxylic acids is 1. The highest BCUT2D eigenvalue weighted by Gasteiger charge is 2.35. The smallest absolute Gasteiger partial charge is 0.326 e. The number of hydrogen-bond acceptors (Lipinski definition) is 4. The Balaban J connectivity index is 2.96. The predicted molar refractivity (Wildman–Crippen MR) is 90.4 cm³/mol. The van der Waals surface area contributed by atoms with Crippen molar-refractivity contribution in [2.45, 2.75) is 37.1 Å². The third kappa shape index (κ3) is 4.90. The van der Waals surface area contributed by atoms with Crippen molar-refractivity contribution in [2.75, 3.05) is 7.05 Å². The number of halogens is 1. The van der Waals surface area contributed by atoms with Gasteiger partial charge in [-0.2, -0.15) is 12.6 Å². The molecular formula is C15H21ClN2O3S. The molecule has 0 aromatic heterocycles. The van der Waals surface area contributed by atoms with Crippen molar-refractivity contribution >= 4 is 36.1 Å². The van der Waals surface area contributed by atoms with Crippen molar-refractivity contribution in [1.29, 1.82) is 0 Å². The Morgan fingerprint density at radius 3 is 2.50 bits per heavy atom. The summed E-state index contributed by atoms with van der Waals surface area (Å²) in [4.78, 5) is 25.0. The maximum atomic E-state index is 12.4. The molecule has 0 aliphatic carbocycles. The van der Waals surface area contributed by atoms with E-state index in [9.17, 15) is 14.7 Å². The molecular weight excluding hydrogens is 324 g/mol. The summed E-state index contributed by atoms with van der Waals surface area (Å²) in [6.45, 7) is 3.42. The van der Waals surface area contributed by atoms with Crippen LogP contribution in [0.1, 0.15) is 19.4 Å². The minimum atomic E-state index is -1.10. The Kier molecular flexibility index (Phi) is 6.28. The van der Waals surface area contributed by atoms with E-state index in [4.69, 9.17) is 17.3 Å². The monoisotopic (exact) mass is 344 g/mol. The molecule has 1 aromatic carbocycles. The van der Waals surface area contributed by atoms with Gasteiger partial charge in [0.15, 0.2) is 0 Å². The molecule has 3 N–H and O–H groups in total. The number of aliphatic carboxylic acids is 1. The van der Waals surface area contributed by atoms with E-state index in [0.717, 1.165) is 10.5 Å². The van der Waals surface area contributed by atoms with E-state index in [1.54, 1.807) is 38.1 Å². The molecule has 0 aliphatic heterocycles. The maximum absolute atomic E-state index is 12.4. The van der Waals surface area contributed by atoms with Crippen molar-refractivity contribution in [1.82, 2.24) is 4.90 Å². The molecule has 0 saturated carbocycles. The van der Waals surface area contributed by atoms with Crippen LogP contribution in [-0.4, -0.2) is 45.8 Å². The summed E-state index contributed by atoms with van der Waals surface area (Å²) < 4.78 is -0.746. The Labute approximate surface area is 140 Å². The van der Waals surface area contributed by atoms with Gasteiger partial charge in [-0.05, 0) is 31.5 Å². The molecule has 0 spiro atoms. The van der Waals surface area contributed by atoms with E-state index in [1.165, 1.54) is 7.05 Å². The number of nitrogens with zero attached hydrogens (tertiary/aromatic N) is 1. The molecule has 1 rings (SSSR count). The minimum absolute atomic E-state index is 0.151. The van der Waals surface area contributed by atoms with Gasteiger partial charge in [0.1, 0.15) is 6.04 Å². The molecule has 0 aliphatic rings. The number of thiol groups is 1. The zero-order valence-corrected chi connectivity index (χ0v) is 14.4. The van der Waals surface area contributed by atoms with Gasteiger partial charge in [-0.3, -0.25) is 4.79 Å². The number of carbonyl (C=O) groups is 2. The lowest BCUT2D eigenvalue weighted by Crippen LogP contribution is -2.55. The summed E-state index contributed by atoms with van der Waals surface area (Å²) in [6, 6.07) is 4.96. The summed E-state index contributed by atoms with van der Waals surface area (Å²) in [5, 5.41) is 9.94. The number of benzene rings is 1. The number of likely N-dealkylation sites (N-methyl/N-ethyl adjacent to an activating group) is 1. The average molecular weight is 345 g/mol. The van der Waals surface area contributed by atoms with Crippen LogP contribution in [0.15, 0.2) is 24.3 Å². The number of rotatable bonds is 6. The number of nitrogens with two attached hydrogens (primary N) is 1. The standard InChI is InChI=1S/C15H21ClN2O3S/c1-15(2,22)12(17)13(19)18(3)11(14(20)21)8-9-5-4-6-10(16)7-9/h4-7,11-12,22H,8,17H2,1-3H3,(H,20,21)/t11-,12+/m0/s1. The zero-order chi connectivity index (χ0) is 17.1. The second-order valence-electron chi connectivity index (χ2n) is 5.77. The highest BCUT2D eigenvalue weighted by atomic mass is 35.5. The first kappa shape index (κ1) is 18.8. The Morgan fingerprint density at radius 2 is 2.05 bits per heavy atom. The summed E-state index contributed by atoms with van der Waals surface area (Å²) >= 11 is 10.2. The fraction of sp³-hybridized carbons (Fsp3) is 0.467. The first-order valence-electron chi connectivity index (χ1n) is 6.76. The van der Waals surface area contributed by atoms with Crippen LogP contribution in [0.4, 0.5) is 0 Å². The molecule has 22 heavy (non-hydrogen) atoms. The third-order valence-electron chi connectivity index (χ3n) is 3.45. The number of carboxylic acid groups (broad SMARTS) is 1. The van der Waals surface area contributed by atoms with Gasteiger partial charge in [0.2, 0.25) is 5.91 Å². The summed E-state index contributed by atoms with van der Waals surface area (Å²) in [6.07, 6.45) is 0.151. The maximum Gasteiger partial charge on any atom is 0.326 e. The molecule has 0 bridgehead atoms. The van der Waals surface area contributed by atoms with E-state index in [-0.39, 0.29) is 6.42 Å². The fourth-order valence-electron chi connectivity index (χ4n) is 1.95. The Bertz CT molecular complexity index is 560. The fourth-order valence-corrected chi connectivity index (χ4v) is 2.28. The van der Waals surface area contributed by atoms with E-state index in [0.29, 0.717) is 5.02 Å². The molecule has 0 radical (unpaired) electrons. The van der Waals surface area contributed by atoms with Gasteiger partial charge in [0.05, 0.1) is 6.04 Å². The number of amides is 1. The van der Waals surface area contributed by atoms with Crippen LogP contribution < -0.4 is 5.73 Å². The highest BCUT2D eigenvalue weighted by Crippen LogP contribution is 2.19. The zero-order valence-electron chi connectivity index (χ0n) is 12.8. The summed E-state index contributed by atoms with van der Waals surface area (Å²) in [5.74, 6) is -1.56. The molecule has 7 heteroatoms. The van der Waals surface area contributed by atoms with Crippen LogP contribution in [0.3, 0.4) is 0 Å². The molecule has 5 nitrogen and oxygen atoms in total. The molecule has 1 aromatic rings. The van der Waals surface area contributed by atoms with Crippen molar-refractivity contribution in [2.24, 2.45) is 5.73 Å². The van der Waals surface area contributed by atoms with Crippen LogP contribution >= 0.6 is 24.2 Å². The molecule has 2 atom stereocenters. The van der Waals surface area contributed by atoms with E-state index in [1.807, 2.05) is 0 Å². The normalized spacial score (nSPS) is 14.3. The van der Waals surface area contributed by atoms with Crippen molar-refractivity contribution in [3.63, 3.8) is 0 Å². The van der Waals surface area contributed by atoms with Gasteiger partial charge in [0, 0.05) is 23.2 Å². The minimum Gasteiger partial charge on any atom is -0.480 e. The first-order valence-corrected chi connectivity index (χ1v) is 7.58. The SMILES string of the molecule is CN(C(=O)[C@@H](N)C(C)(C)S)[C@@H](Cc1cccc(Cl)c1)C(=O)O. The molecule has 1 amide bonds. The molecule has 0 fully saturated rings. The first-order chi connectivity index (χ1) is 10.0.